The van der Waals surface area contributed by atoms with Crippen LogP contribution < -0.4 is 25.2 Å². The summed E-state index contributed by atoms with van der Waals surface area (Å²) in [5.41, 5.74) is 0.401. The summed E-state index contributed by atoms with van der Waals surface area (Å²) in [6.45, 7) is 1.59. The number of ether oxygens (including phenoxy) is 2. The van der Waals surface area contributed by atoms with Crippen molar-refractivity contribution in [2.45, 2.75) is 25.6 Å². The highest BCUT2D eigenvalue weighted by Gasteiger charge is 2.36. The van der Waals surface area contributed by atoms with E-state index in [2.05, 4.69) is 10.1 Å². The molecule has 4 rings (SSSR count). The van der Waals surface area contributed by atoms with Crippen molar-refractivity contribution in [3.63, 3.8) is 0 Å². The van der Waals surface area contributed by atoms with Crippen molar-refractivity contribution < 1.29 is 41.0 Å². The molecule has 0 bridgehead atoms. The fourth-order valence-corrected chi connectivity index (χ4v) is 4.15. The molecular formula is C27H26F5N5O4. The van der Waals surface area contributed by atoms with E-state index in [1.165, 1.54) is 42.7 Å². The number of methoxy groups -OCH3 is 1. The number of benzene rings is 2. The van der Waals surface area contributed by atoms with Gasteiger partial charge in [0.2, 0.25) is 5.91 Å². The van der Waals surface area contributed by atoms with Crippen LogP contribution in [0, 0.1) is 22.5 Å². The molecule has 3 N–H and O–H groups in total. The van der Waals surface area contributed by atoms with Crippen molar-refractivity contribution in [1.29, 1.82) is 10.8 Å². The largest absolute Gasteiger partial charge is 0.573 e. The van der Waals surface area contributed by atoms with Crippen molar-refractivity contribution >= 4 is 23.3 Å². The molecule has 1 aliphatic rings. The molecule has 218 valence electrons. The van der Waals surface area contributed by atoms with Gasteiger partial charge in [-0.25, -0.2) is 8.78 Å². The third-order valence-electron chi connectivity index (χ3n) is 6.02. The molecule has 1 atom stereocenters. The van der Waals surface area contributed by atoms with Crippen LogP contribution in [0.5, 0.6) is 11.5 Å². The summed E-state index contributed by atoms with van der Waals surface area (Å²) < 4.78 is 73.8. The monoisotopic (exact) mass is 579 g/mol. The summed E-state index contributed by atoms with van der Waals surface area (Å²) in [5.74, 6) is -3.02. The first-order chi connectivity index (χ1) is 19.2. The minimum Gasteiger partial charge on any atom is -0.497 e. The third kappa shape index (κ3) is 7.47. The van der Waals surface area contributed by atoms with E-state index in [1.54, 1.807) is 18.3 Å². The van der Waals surface area contributed by atoms with Gasteiger partial charge < -0.3 is 19.7 Å². The molecule has 1 fully saturated rings. The number of anilines is 1. The molecule has 2 amide bonds. The number of nitrogens with one attached hydrogen (secondary N) is 3. The molecule has 2 heterocycles. The molecule has 0 spiro atoms. The number of aromatic nitrogens is 1. The maximum absolute atomic E-state index is 14.3. The van der Waals surface area contributed by atoms with Crippen LogP contribution in [0.3, 0.4) is 0 Å². The van der Waals surface area contributed by atoms with E-state index < -0.39 is 23.9 Å². The number of nitrogens with zero attached hydrogens (tertiary/aromatic N) is 2. The third-order valence-corrected chi connectivity index (χ3v) is 6.02. The van der Waals surface area contributed by atoms with Gasteiger partial charge in [0.05, 0.1) is 12.8 Å². The van der Waals surface area contributed by atoms with Crippen molar-refractivity contribution in [3.8, 4) is 11.5 Å². The first-order valence-electron chi connectivity index (χ1n) is 12.0. The van der Waals surface area contributed by atoms with Crippen LogP contribution in [-0.2, 0) is 4.79 Å². The Morgan fingerprint density at radius 2 is 1.68 bits per heavy atom. The van der Waals surface area contributed by atoms with Gasteiger partial charge in [-0.3, -0.25) is 25.0 Å². The molecule has 41 heavy (non-hydrogen) atoms. The average molecular weight is 580 g/mol. The van der Waals surface area contributed by atoms with Crippen LogP contribution in [0.2, 0.25) is 0 Å². The van der Waals surface area contributed by atoms with E-state index in [4.69, 9.17) is 15.6 Å². The minimum absolute atomic E-state index is 0.0234. The Morgan fingerprint density at radius 3 is 2.20 bits per heavy atom. The van der Waals surface area contributed by atoms with Gasteiger partial charge in [0.1, 0.15) is 29.0 Å². The lowest BCUT2D eigenvalue weighted by atomic mass is 9.97. The highest BCUT2D eigenvalue weighted by Crippen LogP contribution is 2.35. The summed E-state index contributed by atoms with van der Waals surface area (Å²) in [7, 11) is 2.75. The Bertz CT molecular complexity index is 1480. The number of alkyl halides is 3. The van der Waals surface area contributed by atoms with Crippen molar-refractivity contribution in [1.82, 2.24) is 9.88 Å². The van der Waals surface area contributed by atoms with E-state index >= 15 is 0 Å². The Labute approximate surface area is 231 Å². The predicted molar refractivity (Wildman–Crippen MR) is 138 cm³/mol. The predicted octanol–water partition coefficient (Wildman–Crippen LogP) is 4.56. The number of hydrogen-bond donors (Lipinski definition) is 3. The quantitative estimate of drug-likeness (QED) is 0.233. The summed E-state index contributed by atoms with van der Waals surface area (Å²) >= 11 is 0. The Balaban J connectivity index is 0.000000263. The zero-order chi connectivity index (χ0) is 30.5. The standard InChI is InChI=1S/C18H18F2N4O2.C9H8F3NO2/c1-10(21)23-5-3-4-15(18(23)22)24-9-11(6-16(24)25)17-13(19)7-12(26-2)8-14(17)20;1-13-8(14)6-2-4-7(5-3-6)15-9(10,11)12/h3-5,7-8,11,21-22H,6,9H2,1-2H3;2-5H,1H3,(H,13,14). The molecule has 0 aliphatic carbocycles. The summed E-state index contributed by atoms with van der Waals surface area (Å²) in [4.78, 5) is 24.8. The van der Waals surface area contributed by atoms with E-state index in [9.17, 15) is 31.5 Å². The average Bonchev–Trinajstić information content (AvgIpc) is 3.28. The molecule has 1 unspecified atom stereocenters. The number of rotatable bonds is 5. The molecule has 3 aromatic rings. The van der Waals surface area contributed by atoms with Crippen LogP contribution in [0.25, 0.3) is 0 Å². The number of hydrogen-bond acceptors (Lipinski definition) is 6. The number of carbonyl (C=O) groups is 2. The lowest BCUT2D eigenvalue weighted by molar-refractivity contribution is -0.274. The Morgan fingerprint density at radius 1 is 1.07 bits per heavy atom. The lowest BCUT2D eigenvalue weighted by Gasteiger charge is -2.19. The molecule has 0 saturated carbocycles. The van der Waals surface area contributed by atoms with Crippen LogP contribution in [-0.4, -0.2) is 49.3 Å². The molecule has 14 heteroatoms. The molecular weight excluding hydrogens is 553 g/mol. The second-order valence-corrected chi connectivity index (χ2v) is 8.76. The smallest absolute Gasteiger partial charge is 0.497 e. The van der Waals surface area contributed by atoms with Crippen LogP contribution >= 0.6 is 0 Å². The van der Waals surface area contributed by atoms with Crippen molar-refractivity contribution in [3.05, 3.63) is 83.0 Å². The fourth-order valence-electron chi connectivity index (χ4n) is 4.15. The summed E-state index contributed by atoms with van der Waals surface area (Å²) in [5, 5.41) is 18.2. The highest BCUT2D eigenvalue weighted by atomic mass is 19.4. The highest BCUT2D eigenvalue weighted by molar-refractivity contribution is 5.96. The fraction of sp³-hybridized carbons (Fsp3) is 0.259. The second-order valence-electron chi connectivity index (χ2n) is 8.76. The van der Waals surface area contributed by atoms with E-state index in [0.29, 0.717) is 5.69 Å². The Hall–Kier alpha value is -4.75. The van der Waals surface area contributed by atoms with Gasteiger partial charge >= 0.3 is 6.36 Å². The molecule has 2 aromatic carbocycles. The maximum atomic E-state index is 14.3. The first-order valence-corrected chi connectivity index (χ1v) is 12.0. The number of carbonyl (C=O) groups excluding carboxylic acids is 2. The zero-order valence-corrected chi connectivity index (χ0v) is 22.1. The van der Waals surface area contributed by atoms with Crippen LogP contribution in [0.4, 0.5) is 27.6 Å². The normalized spacial score (nSPS) is 14.7. The van der Waals surface area contributed by atoms with Crippen LogP contribution in [0.15, 0.2) is 54.7 Å². The van der Waals surface area contributed by atoms with E-state index in [0.717, 1.165) is 24.3 Å². The number of halogens is 5. The van der Waals surface area contributed by atoms with Gasteiger partial charge in [0.25, 0.3) is 5.91 Å². The SMILES string of the molecule is CNC(=O)c1ccc(OC(F)(F)F)cc1.COc1cc(F)c(C2CC(=O)N(c3cccn(C(C)=N)c3=N)C2)c(F)c1. The van der Waals surface area contributed by atoms with Gasteiger partial charge in [-0.15, -0.1) is 13.2 Å². The topological polar surface area (TPSA) is 120 Å². The number of amides is 2. The van der Waals surface area contributed by atoms with E-state index in [1.807, 2.05) is 0 Å². The molecule has 9 nitrogen and oxygen atoms in total. The van der Waals surface area contributed by atoms with Crippen LogP contribution in [0.1, 0.15) is 35.2 Å². The molecule has 1 aromatic heterocycles. The van der Waals surface area contributed by atoms with Gasteiger partial charge in [-0.05, 0) is 43.3 Å². The second kappa shape index (κ2) is 12.6. The summed E-state index contributed by atoms with van der Waals surface area (Å²) in [6, 6.07) is 10.1. The molecule has 1 aliphatic heterocycles. The minimum atomic E-state index is -4.71. The summed E-state index contributed by atoms with van der Waals surface area (Å²) in [6.07, 6.45) is -3.22. The van der Waals surface area contributed by atoms with Crippen molar-refractivity contribution in [2.75, 3.05) is 25.6 Å². The molecule has 0 radical (unpaired) electrons. The van der Waals surface area contributed by atoms with E-state index in [-0.39, 0.29) is 58.7 Å². The van der Waals surface area contributed by atoms with Crippen molar-refractivity contribution in [2.24, 2.45) is 0 Å². The van der Waals surface area contributed by atoms with Gasteiger partial charge in [0, 0.05) is 55.4 Å². The maximum Gasteiger partial charge on any atom is 0.573 e. The van der Waals surface area contributed by atoms with Gasteiger partial charge in [-0.1, -0.05) is 0 Å². The van der Waals surface area contributed by atoms with Gasteiger partial charge in [0.15, 0.2) is 5.49 Å². The number of pyridine rings is 1. The first kappa shape index (κ1) is 30.8. The Kier molecular flexibility index (Phi) is 9.47. The molecule has 1 saturated heterocycles. The lowest BCUT2D eigenvalue weighted by Crippen LogP contribution is -2.34. The zero-order valence-electron chi connectivity index (χ0n) is 22.1. The van der Waals surface area contributed by atoms with Gasteiger partial charge in [-0.2, -0.15) is 0 Å².